The summed E-state index contributed by atoms with van der Waals surface area (Å²) in [5, 5.41) is 1.04. The van der Waals surface area contributed by atoms with Crippen molar-refractivity contribution in [3.63, 3.8) is 0 Å². The Hall–Kier alpha value is -2.27. The van der Waals surface area contributed by atoms with E-state index in [0.717, 1.165) is 51.6 Å². The Morgan fingerprint density at radius 3 is 2.68 bits per heavy atom. The van der Waals surface area contributed by atoms with Gasteiger partial charge in [-0.3, -0.25) is 4.79 Å². The quantitative estimate of drug-likeness (QED) is 0.678. The van der Waals surface area contributed by atoms with Crippen LogP contribution >= 0.6 is 11.3 Å². The summed E-state index contributed by atoms with van der Waals surface area (Å²) in [5.41, 5.74) is 3.19. The number of likely N-dealkylation sites (tertiary alicyclic amines) is 1. The van der Waals surface area contributed by atoms with Gasteiger partial charge in [0.2, 0.25) is 0 Å². The summed E-state index contributed by atoms with van der Waals surface area (Å²) in [4.78, 5) is 26.1. The molecule has 4 rings (SSSR count). The maximum absolute atomic E-state index is 13.3. The van der Waals surface area contributed by atoms with E-state index in [0.29, 0.717) is 0 Å². The molecule has 25 heavy (non-hydrogen) atoms. The molecular formula is C20H21N3OS. The van der Waals surface area contributed by atoms with Gasteiger partial charge in [0.1, 0.15) is 10.7 Å². The van der Waals surface area contributed by atoms with Gasteiger partial charge in [-0.2, -0.15) is 0 Å². The van der Waals surface area contributed by atoms with Crippen LogP contribution in [-0.4, -0.2) is 27.3 Å². The third-order valence-electron chi connectivity index (χ3n) is 4.98. The van der Waals surface area contributed by atoms with Gasteiger partial charge in [-0.1, -0.05) is 30.3 Å². The largest absolute Gasteiger partial charge is 0.331 e. The van der Waals surface area contributed by atoms with Crippen LogP contribution in [0.15, 0.2) is 30.3 Å². The maximum Gasteiger partial charge on any atom is 0.264 e. The first-order valence-electron chi connectivity index (χ1n) is 8.66. The molecule has 2 aromatic heterocycles. The first kappa shape index (κ1) is 16.2. The molecule has 1 unspecified atom stereocenters. The Morgan fingerprint density at radius 2 is 1.92 bits per heavy atom. The Balaban J connectivity index is 1.75. The zero-order valence-electron chi connectivity index (χ0n) is 14.7. The van der Waals surface area contributed by atoms with Gasteiger partial charge in [-0.15, -0.1) is 11.3 Å². The van der Waals surface area contributed by atoms with Crippen molar-refractivity contribution in [1.82, 2.24) is 14.9 Å². The van der Waals surface area contributed by atoms with Crippen molar-refractivity contribution < 1.29 is 4.79 Å². The fourth-order valence-corrected chi connectivity index (χ4v) is 5.07. The highest BCUT2D eigenvalue weighted by atomic mass is 32.1. The van der Waals surface area contributed by atoms with Gasteiger partial charge in [0.25, 0.3) is 5.91 Å². The minimum absolute atomic E-state index is 0.129. The van der Waals surface area contributed by atoms with Crippen molar-refractivity contribution in [2.45, 2.75) is 39.7 Å². The second kappa shape index (κ2) is 6.23. The Bertz CT molecular complexity index is 948. The van der Waals surface area contributed by atoms with E-state index in [1.165, 1.54) is 16.9 Å². The molecule has 0 bridgehead atoms. The summed E-state index contributed by atoms with van der Waals surface area (Å²) < 4.78 is 0. The van der Waals surface area contributed by atoms with E-state index in [-0.39, 0.29) is 11.9 Å². The topological polar surface area (TPSA) is 46.1 Å². The molecule has 1 saturated heterocycles. The molecule has 1 aliphatic rings. The highest BCUT2D eigenvalue weighted by molar-refractivity contribution is 7.20. The number of rotatable bonds is 2. The fraction of sp³-hybridized carbons (Fsp3) is 0.350. The number of hydrogen-bond donors (Lipinski definition) is 0. The van der Waals surface area contributed by atoms with Crippen molar-refractivity contribution in [1.29, 1.82) is 0 Å². The van der Waals surface area contributed by atoms with Gasteiger partial charge in [-0.25, -0.2) is 9.97 Å². The molecule has 3 aromatic rings. The Labute approximate surface area is 151 Å². The lowest BCUT2D eigenvalue weighted by Gasteiger charge is -2.25. The highest BCUT2D eigenvalue weighted by Gasteiger charge is 2.32. The normalized spacial score (nSPS) is 17.4. The lowest BCUT2D eigenvalue weighted by Crippen LogP contribution is -2.30. The number of thiophene rings is 1. The molecule has 3 heterocycles. The number of fused-ring (bicyclic) bond motifs is 1. The first-order valence-corrected chi connectivity index (χ1v) is 9.48. The molecule has 0 aliphatic carbocycles. The van der Waals surface area contributed by atoms with Gasteiger partial charge in [0, 0.05) is 17.6 Å². The van der Waals surface area contributed by atoms with Crippen LogP contribution in [0.25, 0.3) is 10.2 Å². The number of carbonyl (C=O) groups excluding carboxylic acids is 1. The summed E-state index contributed by atoms with van der Waals surface area (Å²) >= 11 is 1.50. The minimum Gasteiger partial charge on any atom is -0.331 e. The third-order valence-corrected chi connectivity index (χ3v) is 6.15. The lowest BCUT2D eigenvalue weighted by atomic mass is 10.0. The molecule has 0 saturated carbocycles. The van der Waals surface area contributed by atoms with Crippen LogP contribution in [0.1, 0.15) is 51.2 Å². The van der Waals surface area contributed by atoms with Crippen molar-refractivity contribution >= 4 is 27.5 Å². The molecule has 1 atom stereocenters. The van der Waals surface area contributed by atoms with Crippen LogP contribution in [-0.2, 0) is 0 Å². The van der Waals surface area contributed by atoms with E-state index in [1.807, 2.05) is 43.9 Å². The highest BCUT2D eigenvalue weighted by Crippen LogP contribution is 2.37. The van der Waals surface area contributed by atoms with Crippen LogP contribution in [0.5, 0.6) is 0 Å². The summed E-state index contributed by atoms with van der Waals surface area (Å²) in [6.07, 6.45) is 2.07. The number of hydrogen-bond acceptors (Lipinski definition) is 4. The number of aryl methyl sites for hydroxylation is 3. The van der Waals surface area contributed by atoms with Crippen LogP contribution in [0, 0.1) is 20.8 Å². The molecule has 0 spiro atoms. The van der Waals surface area contributed by atoms with Crippen molar-refractivity contribution in [3.05, 3.63) is 57.9 Å². The molecule has 1 amide bonds. The van der Waals surface area contributed by atoms with Gasteiger partial charge < -0.3 is 4.90 Å². The predicted molar refractivity (Wildman–Crippen MR) is 101 cm³/mol. The minimum atomic E-state index is 0.129. The lowest BCUT2D eigenvalue weighted by molar-refractivity contribution is 0.0740. The monoisotopic (exact) mass is 351 g/mol. The Morgan fingerprint density at radius 1 is 1.16 bits per heavy atom. The molecule has 4 nitrogen and oxygen atoms in total. The van der Waals surface area contributed by atoms with E-state index in [4.69, 9.17) is 0 Å². The molecule has 1 fully saturated rings. The Kier molecular flexibility index (Phi) is 4.04. The van der Waals surface area contributed by atoms with Crippen molar-refractivity contribution in [2.75, 3.05) is 6.54 Å². The van der Waals surface area contributed by atoms with Crippen LogP contribution in [0.3, 0.4) is 0 Å². The SMILES string of the molecule is Cc1nc(C)c2c(C)c(C(=O)N3CCCC3c3ccccc3)sc2n1. The molecule has 1 aromatic carbocycles. The van der Waals surface area contributed by atoms with Gasteiger partial charge in [0.15, 0.2) is 0 Å². The average Bonchev–Trinajstić information content (AvgIpc) is 3.20. The number of nitrogens with zero attached hydrogens (tertiary/aromatic N) is 3. The number of carbonyl (C=O) groups is 1. The van der Waals surface area contributed by atoms with E-state index in [9.17, 15) is 4.79 Å². The molecule has 0 radical (unpaired) electrons. The fourth-order valence-electron chi connectivity index (χ4n) is 3.84. The number of benzene rings is 1. The second-order valence-electron chi connectivity index (χ2n) is 6.66. The number of amides is 1. The smallest absolute Gasteiger partial charge is 0.264 e. The van der Waals surface area contributed by atoms with Crippen LogP contribution in [0.4, 0.5) is 0 Å². The van der Waals surface area contributed by atoms with Crippen LogP contribution < -0.4 is 0 Å². The molecule has 128 valence electrons. The van der Waals surface area contributed by atoms with Gasteiger partial charge in [-0.05, 0) is 44.7 Å². The van der Waals surface area contributed by atoms with Crippen LogP contribution in [0.2, 0.25) is 0 Å². The second-order valence-corrected chi connectivity index (χ2v) is 7.66. The zero-order chi connectivity index (χ0) is 17.6. The summed E-state index contributed by atoms with van der Waals surface area (Å²) in [5.74, 6) is 0.887. The first-order chi connectivity index (χ1) is 12.1. The predicted octanol–water partition coefficient (Wildman–Crippen LogP) is 4.59. The van der Waals surface area contributed by atoms with Gasteiger partial charge in [0.05, 0.1) is 10.9 Å². The van der Waals surface area contributed by atoms with Gasteiger partial charge >= 0.3 is 0 Å². The van der Waals surface area contributed by atoms with E-state index < -0.39 is 0 Å². The van der Waals surface area contributed by atoms with E-state index in [1.54, 1.807) is 0 Å². The maximum atomic E-state index is 13.3. The third kappa shape index (κ3) is 2.72. The summed E-state index contributed by atoms with van der Waals surface area (Å²) in [7, 11) is 0. The summed E-state index contributed by atoms with van der Waals surface area (Å²) in [6, 6.07) is 10.5. The van der Waals surface area contributed by atoms with Crippen molar-refractivity contribution in [3.8, 4) is 0 Å². The molecule has 1 aliphatic heterocycles. The molecular weight excluding hydrogens is 330 g/mol. The number of aromatic nitrogens is 2. The zero-order valence-corrected chi connectivity index (χ0v) is 15.6. The molecule has 5 heteroatoms. The molecule has 0 N–H and O–H groups in total. The van der Waals surface area contributed by atoms with E-state index >= 15 is 0 Å². The average molecular weight is 351 g/mol. The standard InChI is InChI=1S/C20H21N3OS/c1-12-17-13(2)21-14(3)22-19(17)25-18(12)20(24)23-11-7-10-16(23)15-8-5-4-6-9-15/h4-6,8-9,16H,7,10-11H2,1-3H3. The summed E-state index contributed by atoms with van der Waals surface area (Å²) in [6.45, 7) is 6.73. The van der Waals surface area contributed by atoms with Crippen molar-refractivity contribution in [2.24, 2.45) is 0 Å². The van der Waals surface area contributed by atoms with E-state index in [2.05, 4.69) is 22.1 Å².